The Balaban J connectivity index is 0.00000288. The van der Waals surface area contributed by atoms with E-state index in [-0.39, 0.29) is 24.0 Å². The number of ether oxygens (including phenoxy) is 1. The lowest BCUT2D eigenvalue weighted by atomic mass is 9.99. The van der Waals surface area contributed by atoms with Gasteiger partial charge in [0.2, 0.25) is 0 Å². The number of nitrogens with zero attached hydrogens (tertiary/aromatic N) is 2. The zero-order valence-electron chi connectivity index (χ0n) is 15.0. The van der Waals surface area contributed by atoms with Crippen LogP contribution in [0, 0.1) is 0 Å². The SMILES string of the molecule is CCOCCNC(=NC)NCC(C)N1CCc2ccccc2C1.I. The Morgan fingerprint density at radius 3 is 2.75 bits per heavy atom. The highest BCUT2D eigenvalue weighted by atomic mass is 127. The van der Waals surface area contributed by atoms with Crippen molar-refractivity contribution in [3.05, 3.63) is 35.4 Å². The van der Waals surface area contributed by atoms with E-state index in [1.807, 2.05) is 6.92 Å². The van der Waals surface area contributed by atoms with Gasteiger partial charge in [-0.05, 0) is 31.4 Å². The van der Waals surface area contributed by atoms with Crippen LogP contribution in [0.25, 0.3) is 0 Å². The number of halogens is 1. The molecule has 0 amide bonds. The summed E-state index contributed by atoms with van der Waals surface area (Å²) in [6, 6.07) is 9.23. The summed E-state index contributed by atoms with van der Waals surface area (Å²) in [5, 5.41) is 6.68. The molecule has 1 aromatic rings. The van der Waals surface area contributed by atoms with Crippen LogP contribution in [0.1, 0.15) is 25.0 Å². The Labute approximate surface area is 163 Å². The molecule has 0 fully saturated rings. The van der Waals surface area contributed by atoms with Crippen LogP contribution in [-0.4, -0.2) is 56.8 Å². The lowest BCUT2D eigenvalue weighted by Crippen LogP contribution is -2.47. The van der Waals surface area contributed by atoms with Crippen molar-refractivity contribution in [3.8, 4) is 0 Å². The van der Waals surface area contributed by atoms with E-state index in [9.17, 15) is 0 Å². The molecule has 2 N–H and O–H groups in total. The summed E-state index contributed by atoms with van der Waals surface area (Å²) in [6.07, 6.45) is 1.14. The molecular formula is C18H31IN4O. The molecular weight excluding hydrogens is 415 g/mol. The highest BCUT2D eigenvalue weighted by Gasteiger charge is 2.20. The van der Waals surface area contributed by atoms with E-state index in [2.05, 4.69) is 51.7 Å². The first kappa shape index (κ1) is 21.2. The molecule has 0 aliphatic carbocycles. The number of hydrogen-bond donors (Lipinski definition) is 2. The van der Waals surface area contributed by atoms with Crippen molar-refractivity contribution in [1.29, 1.82) is 0 Å². The van der Waals surface area contributed by atoms with Crippen molar-refractivity contribution < 1.29 is 4.74 Å². The van der Waals surface area contributed by atoms with Crippen LogP contribution in [0.4, 0.5) is 0 Å². The van der Waals surface area contributed by atoms with E-state index in [0.717, 1.165) is 45.2 Å². The molecule has 136 valence electrons. The Morgan fingerprint density at radius 2 is 2.04 bits per heavy atom. The molecule has 24 heavy (non-hydrogen) atoms. The molecule has 1 heterocycles. The van der Waals surface area contributed by atoms with Crippen molar-refractivity contribution in [2.45, 2.75) is 32.9 Å². The zero-order chi connectivity index (χ0) is 16.5. The molecule has 1 aromatic carbocycles. The molecule has 0 radical (unpaired) electrons. The number of hydrogen-bond acceptors (Lipinski definition) is 3. The van der Waals surface area contributed by atoms with Gasteiger partial charge < -0.3 is 15.4 Å². The second kappa shape index (κ2) is 11.7. The average Bonchev–Trinajstić information content (AvgIpc) is 2.60. The van der Waals surface area contributed by atoms with Crippen LogP contribution in [0.15, 0.2) is 29.3 Å². The van der Waals surface area contributed by atoms with Crippen molar-refractivity contribution in [2.75, 3.05) is 39.9 Å². The van der Waals surface area contributed by atoms with Crippen LogP contribution in [0.3, 0.4) is 0 Å². The largest absolute Gasteiger partial charge is 0.380 e. The first-order valence-electron chi connectivity index (χ1n) is 8.57. The Bertz CT molecular complexity index is 510. The summed E-state index contributed by atoms with van der Waals surface area (Å²) in [6.45, 7) is 9.55. The van der Waals surface area contributed by atoms with Gasteiger partial charge in [-0.1, -0.05) is 24.3 Å². The summed E-state index contributed by atoms with van der Waals surface area (Å²) in [7, 11) is 1.80. The Hall–Kier alpha value is -0.860. The van der Waals surface area contributed by atoms with E-state index < -0.39 is 0 Å². The van der Waals surface area contributed by atoms with E-state index in [0.29, 0.717) is 12.6 Å². The topological polar surface area (TPSA) is 48.9 Å². The third-order valence-electron chi connectivity index (χ3n) is 4.32. The number of fused-ring (bicyclic) bond motifs is 1. The van der Waals surface area contributed by atoms with E-state index in [1.165, 1.54) is 11.1 Å². The normalized spacial score (nSPS) is 16.0. The summed E-state index contributed by atoms with van der Waals surface area (Å²) in [5.41, 5.74) is 2.96. The lowest BCUT2D eigenvalue weighted by Gasteiger charge is -2.34. The van der Waals surface area contributed by atoms with Gasteiger partial charge >= 0.3 is 0 Å². The number of nitrogens with one attached hydrogen (secondary N) is 2. The lowest BCUT2D eigenvalue weighted by molar-refractivity contribution is 0.152. The maximum atomic E-state index is 5.33. The van der Waals surface area contributed by atoms with Gasteiger partial charge in [-0.3, -0.25) is 9.89 Å². The fraction of sp³-hybridized carbons (Fsp3) is 0.611. The molecule has 6 heteroatoms. The van der Waals surface area contributed by atoms with E-state index in [1.54, 1.807) is 7.05 Å². The molecule has 0 bridgehead atoms. The van der Waals surface area contributed by atoms with Crippen molar-refractivity contribution >= 4 is 29.9 Å². The summed E-state index contributed by atoms with van der Waals surface area (Å²) >= 11 is 0. The minimum Gasteiger partial charge on any atom is -0.380 e. The van der Waals surface area contributed by atoms with Gasteiger partial charge in [-0.2, -0.15) is 0 Å². The van der Waals surface area contributed by atoms with Crippen LogP contribution >= 0.6 is 24.0 Å². The fourth-order valence-corrected chi connectivity index (χ4v) is 2.87. The Kier molecular flexibility index (Phi) is 10.3. The summed E-state index contributed by atoms with van der Waals surface area (Å²) in [4.78, 5) is 6.79. The monoisotopic (exact) mass is 446 g/mol. The summed E-state index contributed by atoms with van der Waals surface area (Å²) < 4.78 is 5.33. The number of rotatable bonds is 7. The highest BCUT2D eigenvalue weighted by Crippen LogP contribution is 2.19. The maximum absolute atomic E-state index is 5.33. The van der Waals surface area contributed by atoms with Crippen molar-refractivity contribution in [1.82, 2.24) is 15.5 Å². The second-order valence-electron chi connectivity index (χ2n) is 5.92. The molecule has 2 rings (SSSR count). The predicted molar refractivity (Wildman–Crippen MR) is 111 cm³/mol. The molecule has 1 atom stereocenters. The fourth-order valence-electron chi connectivity index (χ4n) is 2.87. The quantitative estimate of drug-likeness (QED) is 0.292. The molecule has 0 spiro atoms. The second-order valence-corrected chi connectivity index (χ2v) is 5.92. The van der Waals surface area contributed by atoms with Gasteiger partial charge in [0.05, 0.1) is 6.61 Å². The number of aliphatic imine (C=N–C) groups is 1. The summed E-state index contributed by atoms with van der Waals surface area (Å²) in [5.74, 6) is 0.842. The third kappa shape index (κ3) is 6.57. The first-order chi connectivity index (χ1) is 11.2. The smallest absolute Gasteiger partial charge is 0.191 e. The van der Waals surface area contributed by atoms with Gasteiger partial charge in [0.25, 0.3) is 0 Å². The van der Waals surface area contributed by atoms with Gasteiger partial charge in [0, 0.05) is 45.9 Å². The average molecular weight is 446 g/mol. The number of guanidine groups is 1. The number of benzene rings is 1. The molecule has 0 aromatic heterocycles. The van der Waals surface area contributed by atoms with Crippen LogP contribution in [0.5, 0.6) is 0 Å². The molecule has 1 aliphatic rings. The van der Waals surface area contributed by atoms with E-state index >= 15 is 0 Å². The first-order valence-corrected chi connectivity index (χ1v) is 8.57. The van der Waals surface area contributed by atoms with Gasteiger partial charge in [-0.25, -0.2) is 0 Å². The third-order valence-corrected chi connectivity index (χ3v) is 4.32. The van der Waals surface area contributed by atoms with Gasteiger partial charge in [-0.15, -0.1) is 24.0 Å². The van der Waals surface area contributed by atoms with Crippen LogP contribution < -0.4 is 10.6 Å². The van der Waals surface area contributed by atoms with E-state index in [4.69, 9.17) is 4.74 Å². The molecule has 1 aliphatic heterocycles. The van der Waals surface area contributed by atoms with Crippen LogP contribution in [0.2, 0.25) is 0 Å². The molecule has 5 nitrogen and oxygen atoms in total. The van der Waals surface area contributed by atoms with Crippen molar-refractivity contribution in [2.24, 2.45) is 4.99 Å². The van der Waals surface area contributed by atoms with Crippen LogP contribution in [-0.2, 0) is 17.7 Å². The maximum Gasteiger partial charge on any atom is 0.191 e. The highest BCUT2D eigenvalue weighted by molar-refractivity contribution is 14.0. The van der Waals surface area contributed by atoms with Crippen molar-refractivity contribution in [3.63, 3.8) is 0 Å². The molecule has 0 saturated carbocycles. The zero-order valence-corrected chi connectivity index (χ0v) is 17.4. The minimum absolute atomic E-state index is 0. The predicted octanol–water partition coefficient (Wildman–Crippen LogP) is 2.25. The standard InChI is InChI=1S/C18H30N4O.HI/c1-4-23-12-10-20-18(19-3)21-13-15(2)22-11-9-16-7-5-6-8-17(16)14-22;/h5-8,15H,4,9-14H2,1-3H3,(H2,19,20,21);1H. The molecule has 0 saturated heterocycles. The minimum atomic E-state index is 0. The van der Waals surface area contributed by atoms with Gasteiger partial charge in [0.15, 0.2) is 5.96 Å². The van der Waals surface area contributed by atoms with Gasteiger partial charge in [0.1, 0.15) is 0 Å². The Morgan fingerprint density at radius 1 is 1.29 bits per heavy atom. The molecule has 1 unspecified atom stereocenters.